The molecule has 1 aromatic rings. The molecule has 120 valence electrons. The van der Waals surface area contributed by atoms with Crippen molar-refractivity contribution in [1.29, 1.82) is 0 Å². The zero-order chi connectivity index (χ0) is 15.7. The van der Waals surface area contributed by atoms with Gasteiger partial charge in [0.25, 0.3) is 0 Å². The van der Waals surface area contributed by atoms with E-state index in [0.29, 0.717) is 12.4 Å². The average molecular weight is 313 g/mol. The van der Waals surface area contributed by atoms with E-state index in [2.05, 4.69) is 57.0 Å². The van der Waals surface area contributed by atoms with Gasteiger partial charge in [0, 0.05) is 6.04 Å². The number of hydrogen-bond acceptors (Lipinski definition) is 6. The maximum atomic E-state index is 6.08. The number of ether oxygens (including phenoxy) is 1. The van der Waals surface area contributed by atoms with E-state index in [1.807, 2.05) is 11.8 Å². The first kappa shape index (κ1) is 16.8. The van der Waals surface area contributed by atoms with Gasteiger partial charge in [-0.2, -0.15) is 16.7 Å². The molecule has 1 aromatic heterocycles. The number of hydrogen-bond donors (Lipinski definition) is 1. The first-order valence-electron chi connectivity index (χ1n) is 7.61. The van der Waals surface area contributed by atoms with Gasteiger partial charge in [-0.25, -0.2) is 0 Å². The molecule has 2 atom stereocenters. The summed E-state index contributed by atoms with van der Waals surface area (Å²) >= 11 is 1.82. The first-order valence-corrected chi connectivity index (χ1v) is 8.66. The molecule has 0 amide bonds. The van der Waals surface area contributed by atoms with Crippen LogP contribution in [0.15, 0.2) is 4.52 Å². The SMILES string of the molecule is CCS[C@H](C)c1noc(CN[C@H]2CC(C)(C)OC2(C)C)n1. The Labute approximate surface area is 131 Å². The lowest BCUT2D eigenvalue weighted by Crippen LogP contribution is -2.43. The van der Waals surface area contributed by atoms with Gasteiger partial charge in [0.2, 0.25) is 5.89 Å². The molecule has 1 fully saturated rings. The van der Waals surface area contributed by atoms with Gasteiger partial charge in [-0.15, -0.1) is 0 Å². The molecule has 0 saturated carbocycles. The van der Waals surface area contributed by atoms with Gasteiger partial charge in [0.05, 0.1) is 23.0 Å². The minimum absolute atomic E-state index is 0.0898. The summed E-state index contributed by atoms with van der Waals surface area (Å²) in [6.45, 7) is 13.3. The minimum Gasteiger partial charge on any atom is -0.368 e. The lowest BCUT2D eigenvalue weighted by molar-refractivity contribution is -0.0700. The predicted octanol–water partition coefficient (Wildman–Crippen LogP) is 3.32. The van der Waals surface area contributed by atoms with Crippen LogP contribution in [0.3, 0.4) is 0 Å². The highest BCUT2D eigenvalue weighted by Gasteiger charge is 2.45. The van der Waals surface area contributed by atoms with Crippen molar-refractivity contribution in [3.05, 3.63) is 11.7 Å². The lowest BCUT2D eigenvalue weighted by atomic mass is 9.94. The Bertz CT molecular complexity index is 473. The highest BCUT2D eigenvalue weighted by Crippen LogP contribution is 2.37. The van der Waals surface area contributed by atoms with Gasteiger partial charge in [-0.1, -0.05) is 12.1 Å². The smallest absolute Gasteiger partial charge is 0.240 e. The van der Waals surface area contributed by atoms with Crippen molar-refractivity contribution in [3.63, 3.8) is 0 Å². The average Bonchev–Trinajstić information content (AvgIpc) is 2.89. The Balaban J connectivity index is 1.92. The van der Waals surface area contributed by atoms with E-state index < -0.39 is 0 Å². The van der Waals surface area contributed by atoms with Crippen molar-refractivity contribution >= 4 is 11.8 Å². The molecule has 1 saturated heterocycles. The highest BCUT2D eigenvalue weighted by atomic mass is 32.2. The van der Waals surface area contributed by atoms with E-state index in [1.165, 1.54) is 0 Å². The lowest BCUT2D eigenvalue weighted by Gasteiger charge is -2.27. The summed E-state index contributed by atoms with van der Waals surface area (Å²) in [5.74, 6) is 2.47. The zero-order valence-electron chi connectivity index (χ0n) is 13.9. The summed E-state index contributed by atoms with van der Waals surface area (Å²) in [7, 11) is 0. The molecule has 0 unspecified atom stereocenters. The Kier molecular flexibility index (Phi) is 5.00. The van der Waals surface area contributed by atoms with Crippen molar-refractivity contribution in [3.8, 4) is 0 Å². The molecule has 21 heavy (non-hydrogen) atoms. The zero-order valence-corrected chi connectivity index (χ0v) is 14.7. The van der Waals surface area contributed by atoms with E-state index in [9.17, 15) is 0 Å². The minimum atomic E-state index is -0.183. The van der Waals surface area contributed by atoms with Crippen LogP contribution in [-0.4, -0.2) is 33.1 Å². The highest BCUT2D eigenvalue weighted by molar-refractivity contribution is 7.99. The maximum Gasteiger partial charge on any atom is 0.240 e. The van der Waals surface area contributed by atoms with Gasteiger partial charge in [0.15, 0.2) is 5.82 Å². The Morgan fingerprint density at radius 2 is 2.10 bits per heavy atom. The van der Waals surface area contributed by atoms with Crippen LogP contribution in [0.1, 0.15) is 64.9 Å². The standard InChI is InChI=1S/C15H27N3O2S/c1-7-21-10(2)13-17-12(19-18-13)9-16-11-8-14(3,4)20-15(11,5)6/h10-11,16H,7-9H2,1-6H3/t10-,11+/m1/s1. The van der Waals surface area contributed by atoms with Crippen LogP contribution in [0, 0.1) is 0 Å². The molecule has 0 aliphatic carbocycles. The predicted molar refractivity (Wildman–Crippen MR) is 85.3 cm³/mol. The van der Waals surface area contributed by atoms with Crippen molar-refractivity contribution in [1.82, 2.24) is 15.5 Å². The largest absolute Gasteiger partial charge is 0.368 e. The van der Waals surface area contributed by atoms with Crippen LogP contribution in [0.2, 0.25) is 0 Å². The van der Waals surface area contributed by atoms with E-state index in [1.54, 1.807) is 0 Å². The number of nitrogens with one attached hydrogen (secondary N) is 1. The van der Waals surface area contributed by atoms with E-state index in [4.69, 9.17) is 9.26 Å². The molecule has 1 aliphatic rings. The van der Waals surface area contributed by atoms with Crippen molar-refractivity contribution in [2.75, 3.05) is 5.75 Å². The second kappa shape index (κ2) is 6.26. The third-order valence-corrected chi connectivity index (χ3v) is 4.88. The molecule has 1 aliphatic heterocycles. The number of thioether (sulfide) groups is 1. The van der Waals surface area contributed by atoms with Crippen LogP contribution in [0.25, 0.3) is 0 Å². The van der Waals surface area contributed by atoms with E-state index >= 15 is 0 Å². The van der Waals surface area contributed by atoms with Crippen LogP contribution in [0.5, 0.6) is 0 Å². The molecular weight excluding hydrogens is 286 g/mol. The maximum absolute atomic E-state index is 6.08. The van der Waals surface area contributed by atoms with Crippen LogP contribution in [0.4, 0.5) is 0 Å². The fourth-order valence-electron chi connectivity index (χ4n) is 2.92. The number of nitrogens with zero attached hydrogens (tertiary/aromatic N) is 2. The van der Waals surface area contributed by atoms with Crippen molar-refractivity contribution in [2.24, 2.45) is 0 Å². The molecule has 0 aromatic carbocycles. The second-order valence-corrected chi connectivity index (χ2v) is 8.36. The fraction of sp³-hybridized carbons (Fsp3) is 0.867. The molecule has 6 heteroatoms. The Hall–Kier alpha value is -0.590. The summed E-state index contributed by atoms with van der Waals surface area (Å²) in [6, 6.07) is 0.283. The molecular formula is C15H27N3O2S. The molecule has 0 bridgehead atoms. The van der Waals surface area contributed by atoms with Gasteiger partial charge in [-0.3, -0.25) is 0 Å². The third-order valence-electron chi connectivity index (χ3n) is 3.84. The summed E-state index contributed by atoms with van der Waals surface area (Å²) in [6.07, 6.45) is 0.975. The molecule has 0 spiro atoms. The molecule has 2 heterocycles. The van der Waals surface area contributed by atoms with Crippen LogP contribution in [-0.2, 0) is 11.3 Å². The van der Waals surface area contributed by atoms with Crippen molar-refractivity contribution < 1.29 is 9.26 Å². The summed E-state index contributed by atoms with van der Waals surface area (Å²) < 4.78 is 11.4. The fourth-order valence-corrected chi connectivity index (χ4v) is 3.67. The van der Waals surface area contributed by atoms with E-state index in [0.717, 1.165) is 18.0 Å². The van der Waals surface area contributed by atoms with Gasteiger partial charge in [-0.05, 0) is 46.8 Å². The Morgan fingerprint density at radius 3 is 2.67 bits per heavy atom. The molecule has 0 radical (unpaired) electrons. The quantitative estimate of drug-likeness (QED) is 0.869. The molecule has 1 N–H and O–H groups in total. The summed E-state index contributed by atoms with van der Waals surface area (Å²) in [5, 5.41) is 7.84. The van der Waals surface area contributed by atoms with Crippen LogP contribution < -0.4 is 5.32 Å². The van der Waals surface area contributed by atoms with Gasteiger partial charge < -0.3 is 14.6 Å². The number of rotatable bonds is 6. The van der Waals surface area contributed by atoms with E-state index in [-0.39, 0.29) is 22.5 Å². The summed E-state index contributed by atoms with van der Waals surface area (Å²) in [4.78, 5) is 4.47. The monoisotopic (exact) mass is 313 g/mol. The second-order valence-electron chi connectivity index (χ2n) is 6.75. The third kappa shape index (κ3) is 4.20. The topological polar surface area (TPSA) is 60.2 Å². The van der Waals surface area contributed by atoms with Gasteiger partial charge in [0.1, 0.15) is 0 Å². The Morgan fingerprint density at radius 1 is 1.38 bits per heavy atom. The normalized spacial score (nSPS) is 25.1. The van der Waals surface area contributed by atoms with Crippen molar-refractivity contribution in [2.45, 2.75) is 77.0 Å². The summed E-state index contributed by atoms with van der Waals surface area (Å²) in [5.41, 5.74) is -0.273. The number of aromatic nitrogens is 2. The van der Waals surface area contributed by atoms with Gasteiger partial charge >= 0.3 is 0 Å². The van der Waals surface area contributed by atoms with Crippen LogP contribution >= 0.6 is 11.8 Å². The first-order chi connectivity index (χ1) is 9.73. The molecule has 2 rings (SSSR count). The molecule has 5 nitrogen and oxygen atoms in total.